The molecule has 1 N–H and O–H groups in total. The Bertz CT molecular complexity index is 1150. The Morgan fingerprint density at radius 3 is 2.61 bits per heavy atom. The van der Waals surface area contributed by atoms with E-state index in [2.05, 4.69) is 30.4 Å². The molecule has 5 heteroatoms. The molecule has 4 nitrogen and oxygen atoms in total. The Labute approximate surface area is 186 Å². The van der Waals surface area contributed by atoms with Crippen molar-refractivity contribution >= 4 is 23.2 Å². The molecule has 3 atom stereocenters. The van der Waals surface area contributed by atoms with Crippen LogP contribution in [0.25, 0.3) is 10.4 Å². The number of amides is 2. The smallest absolute Gasteiger partial charge is 0.255 e. The van der Waals surface area contributed by atoms with E-state index >= 15 is 0 Å². The molecular weight excluding hydrogens is 404 g/mol. The lowest BCUT2D eigenvalue weighted by molar-refractivity contribution is 0.0696. The van der Waals surface area contributed by atoms with Crippen LogP contribution in [0.3, 0.4) is 0 Å². The zero-order valence-corrected chi connectivity index (χ0v) is 18.6. The first kappa shape index (κ1) is 20.0. The molecule has 2 fully saturated rings. The summed E-state index contributed by atoms with van der Waals surface area (Å²) in [6, 6.07) is 17.9. The summed E-state index contributed by atoms with van der Waals surface area (Å²) in [6.07, 6.45) is 1.16. The van der Waals surface area contributed by atoms with Gasteiger partial charge in [-0.05, 0) is 61.2 Å². The van der Waals surface area contributed by atoms with Gasteiger partial charge in [-0.15, -0.1) is 11.3 Å². The van der Waals surface area contributed by atoms with E-state index < -0.39 is 0 Å². The van der Waals surface area contributed by atoms with Gasteiger partial charge >= 0.3 is 0 Å². The standard InChI is InChI=1S/C26H26N2O2S/c1-16-5-3-7-18(11-16)24-21(9-10-31-24)26(30)28-15-20-13-22(20)23(28)14-27-25(29)19-8-4-6-17(2)12-19/h3-12,20,22-23H,13-15H2,1-2H3,(H,27,29)/t20-,22-,23+/m0/s1. The van der Waals surface area contributed by atoms with E-state index in [0.717, 1.165) is 34.5 Å². The summed E-state index contributed by atoms with van der Waals surface area (Å²) in [5.74, 6) is 1.09. The van der Waals surface area contributed by atoms with E-state index in [1.807, 2.05) is 53.6 Å². The minimum absolute atomic E-state index is 0.0662. The molecule has 1 saturated carbocycles. The van der Waals surface area contributed by atoms with Crippen LogP contribution in [0.1, 0.15) is 38.3 Å². The fourth-order valence-electron chi connectivity index (χ4n) is 4.79. The lowest BCUT2D eigenvalue weighted by Gasteiger charge is -2.28. The van der Waals surface area contributed by atoms with Crippen molar-refractivity contribution in [3.8, 4) is 10.4 Å². The van der Waals surface area contributed by atoms with Crippen LogP contribution in [0.2, 0.25) is 0 Å². The molecule has 158 valence electrons. The van der Waals surface area contributed by atoms with E-state index in [1.54, 1.807) is 11.3 Å². The van der Waals surface area contributed by atoms with Crippen LogP contribution < -0.4 is 5.32 Å². The van der Waals surface area contributed by atoms with Gasteiger partial charge in [0.15, 0.2) is 0 Å². The van der Waals surface area contributed by atoms with Crippen molar-refractivity contribution < 1.29 is 9.59 Å². The fourth-order valence-corrected chi connectivity index (χ4v) is 5.68. The minimum atomic E-state index is -0.0730. The SMILES string of the molecule is Cc1cccc(C(=O)NC[C@@H]2[C@H]3C[C@H]3CN2C(=O)c2ccsc2-c2cccc(C)c2)c1. The molecule has 1 aromatic heterocycles. The third kappa shape index (κ3) is 3.90. The van der Waals surface area contributed by atoms with Gasteiger partial charge in [0, 0.05) is 23.5 Å². The van der Waals surface area contributed by atoms with Gasteiger partial charge in [-0.25, -0.2) is 0 Å². The van der Waals surface area contributed by atoms with Crippen molar-refractivity contribution in [2.24, 2.45) is 11.8 Å². The van der Waals surface area contributed by atoms with Crippen molar-refractivity contribution in [1.29, 1.82) is 0 Å². The number of nitrogens with zero attached hydrogens (tertiary/aromatic N) is 1. The highest BCUT2D eigenvalue weighted by Crippen LogP contribution is 2.50. The quantitative estimate of drug-likeness (QED) is 0.624. The van der Waals surface area contributed by atoms with Crippen LogP contribution in [0.15, 0.2) is 60.0 Å². The molecule has 2 heterocycles. The van der Waals surface area contributed by atoms with Gasteiger partial charge < -0.3 is 10.2 Å². The number of thiophene rings is 1. The molecule has 2 aromatic carbocycles. The number of fused-ring (bicyclic) bond motifs is 1. The molecule has 0 spiro atoms. The van der Waals surface area contributed by atoms with Crippen LogP contribution in [-0.2, 0) is 0 Å². The Morgan fingerprint density at radius 2 is 1.84 bits per heavy atom. The maximum Gasteiger partial charge on any atom is 0.255 e. The molecule has 1 aliphatic carbocycles. The number of benzene rings is 2. The number of piperidine rings is 1. The number of rotatable bonds is 5. The topological polar surface area (TPSA) is 49.4 Å². The van der Waals surface area contributed by atoms with Gasteiger partial charge in [0.2, 0.25) is 0 Å². The second-order valence-electron chi connectivity index (χ2n) is 8.80. The van der Waals surface area contributed by atoms with Crippen LogP contribution >= 0.6 is 11.3 Å². The third-order valence-corrected chi connectivity index (χ3v) is 7.46. The summed E-state index contributed by atoms with van der Waals surface area (Å²) in [7, 11) is 0. The first-order valence-corrected chi connectivity index (χ1v) is 11.7. The number of aryl methyl sites for hydroxylation is 2. The van der Waals surface area contributed by atoms with Crippen molar-refractivity contribution in [2.75, 3.05) is 13.1 Å². The molecular formula is C26H26N2O2S. The maximum absolute atomic E-state index is 13.5. The average molecular weight is 431 g/mol. The Morgan fingerprint density at radius 1 is 1.06 bits per heavy atom. The monoisotopic (exact) mass is 430 g/mol. The summed E-state index contributed by atoms with van der Waals surface area (Å²) in [4.78, 5) is 29.2. The molecule has 5 rings (SSSR count). The van der Waals surface area contributed by atoms with E-state index in [4.69, 9.17) is 0 Å². The molecule has 0 unspecified atom stereocenters. The van der Waals surface area contributed by atoms with Gasteiger partial charge in [0.05, 0.1) is 11.6 Å². The number of carbonyl (C=O) groups is 2. The second kappa shape index (κ2) is 7.97. The highest BCUT2D eigenvalue weighted by Gasteiger charge is 2.54. The predicted molar refractivity (Wildman–Crippen MR) is 124 cm³/mol. The van der Waals surface area contributed by atoms with E-state index in [0.29, 0.717) is 23.9 Å². The largest absolute Gasteiger partial charge is 0.350 e. The van der Waals surface area contributed by atoms with Gasteiger partial charge in [-0.3, -0.25) is 9.59 Å². The molecule has 2 aliphatic rings. The van der Waals surface area contributed by atoms with Crippen molar-refractivity contribution in [3.05, 3.63) is 82.2 Å². The third-order valence-electron chi connectivity index (χ3n) is 6.49. The number of hydrogen-bond donors (Lipinski definition) is 1. The van der Waals surface area contributed by atoms with Crippen LogP contribution in [0.5, 0.6) is 0 Å². The first-order valence-electron chi connectivity index (χ1n) is 10.8. The van der Waals surface area contributed by atoms with Gasteiger partial charge in [-0.1, -0.05) is 47.5 Å². The summed E-state index contributed by atoms with van der Waals surface area (Å²) in [5, 5.41) is 5.08. The average Bonchev–Trinajstić information content (AvgIpc) is 3.20. The van der Waals surface area contributed by atoms with E-state index in [1.165, 1.54) is 5.56 Å². The number of hydrogen-bond acceptors (Lipinski definition) is 3. The normalized spacial score (nSPS) is 21.6. The summed E-state index contributed by atoms with van der Waals surface area (Å²) in [5.41, 5.74) is 4.78. The predicted octanol–water partition coefficient (Wildman–Crippen LogP) is 4.92. The molecule has 0 radical (unpaired) electrons. The fraction of sp³-hybridized carbons (Fsp3) is 0.308. The summed E-state index contributed by atoms with van der Waals surface area (Å²) >= 11 is 1.61. The number of nitrogens with one attached hydrogen (secondary N) is 1. The minimum Gasteiger partial charge on any atom is -0.350 e. The summed E-state index contributed by atoms with van der Waals surface area (Å²) < 4.78 is 0. The van der Waals surface area contributed by atoms with Crippen LogP contribution in [-0.4, -0.2) is 35.8 Å². The van der Waals surface area contributed by atoms with Gasteiger partial charge in [0.1, 0.15) is 0 Å². The number of likely N-dealkylation sites (tertiary alicyclic amines) is 1. The molecule has 0 bridgehead atoms. The Kier molecular flexibility index (Phi) is 5.14. The van der Waals surface area contributed by atoms with Gasteiger partial charge in [0.25, 0.3) is 11.8 Å². The van der Waals surface area contributed by atoms with Crippen molar-refractivity contribution in [2.45, 2.75) is 26.3 Å². The van der Waals surface area contributed by atoms with Crippen molar-refractivity contribution in [3.63, 3.8) is 0 Å². The first-order chi connectivity index (χ1) is 15.0. The van der Waals surface area contributed by atoms with E-state index in [9.17, 15) is 9.59 Å². The zero-order chi connectivity index (χ0) is 21.5. The zero-order valence-electron chi connectivity index (χ0n) is 17.8. The number of carbonyl (C=O) groups excluding carboxylic acids is 2. The van der Waals surface area contributed by atoms with Gasteiger partial charge in [-0.2, -0.15) is 0 Å². The molecule has 3 aromatic rings. The van der Waals surface area contributed by atoms with Crippen LogP contribution in [0.4, 0.5) is 0 Å². The van der Waals surface area contributed by atoms with Crippen molar-refractivity contribution in [1.82, 2.24) is 10.2 Å². The van der Waals surface area contributed by atoms with E-state index in [-0.39, 0.29) is 17.9 Å². The second-order valence-corrected chi connectivity index (χ2v) is 9.71. The molecule has 1 saturated heterocycles. The summed E-state index contributed by atoms with van der Waals surface area (Å²) in [6.45, 7) is 5.34. The molecule has 31 heavy (non-hydrogen) atoms. The maximum atomic E-state index is 13.5. The van der Waals surface area contributed by atoms with Crippen LogP contribution in [0, 0.1) is 25.7 Å². The Hall–Kier alpha value is -2.92. The highest BCUT2D eigenvalue weighted by molar-refractivity contribution is 7.14. The lowest BCUT2D eigenvalue weighted by atomic mass is 10.1. The lowest BCUT2D eigenvalue weighted by Crippen LogP contribution is -2.45. The molecule has 2 amide bonds. The molecule has 1 aliphatic heterocycles. The Balaban J connectivity index is 1.33. The highest BCUT2D eigenvalue weighted by atomic mass is 32.1.